The molecule has 1 atom stereocenters. The zero-order chi connectivity index (χ0) is 26.7. The molecule has 0 aliphatic carbocycles. The monoisotopic (exact) mass is 501 g/mol. The molecule has 0 radical (unpaired) electrons. The minimum absolute atomic E-state index is 0.0450. The molecule has 8 nitrogen and oxygen atoms in total. The van der Waals surface area contributed by atoms with Crippen LogP contribution in [0.5, 0.6) is 0 Å². The molecule has 36 heavy (non-hydrogen) atoms. The van der Waals surface area contributed by atoms with Gasteiger partial charge in [0.2, 0.25) is 0 Å². The Bertz CT molecular complexity index is 1640. The Hall–Kier alpha value is -3.73. The molecule has 2 N–H and O–H groups in total. The number of benzene rings is 2. The van der Waals surface area contributed by atoms with Gasteiger partial charge < -0.3 is 19.6 Å². The van der Waals surface area contributed by atoms with E-state index < -0.39 is 40.1 Å². The number of aliphatic hydroxyl groups is 1. The first kappa shape index (κ1) is 25.4. The highest BCUT2D eigenvalue weighted by atomic mass is 19.3. The highest BCUT2D eigenvalue weighted by Crippen LogP contribution is 2.41. The number of hydrogen-bond donors (Lipinski definition) is 2. The first-order valence-electron chi connectivity index (χ1n) is 11.2. The third-order valence-corrected chi connectivity index (χ3v) is 6.37. The van der Waals surface area contributed by atoms with E-state index in [-0.39, 0.29) is 5.56 Å². The number of halogens is 3. The van der Waals surface area contributed by atoms with Crippen LogP contribution in [-0.4, -0.2) is 29.8 Å². The molecule has 0 aliphatic heterocycles. The largest absolute Gasteiger partial charge is 0.384 e. The van der Waals surface area contributed by atoms with E-state index in [1.165, 1.54) is 35.4 Å². The van der Waals surface area contributed by atoms with Crippen molar-refractivity contribution >= 4 is 27.8 Å². The van der Waals surface area contributed by atoms with Gasteiger partial charge in [-0.2, -0.15) is 8.78 Å². The SMILES string of the molecule is Cc1nc(N[C@H](C)c2cccc(C(F)(F)C(C)(C)O)c2F)c2cc3c(cc2n1)n(C)c(=O)c(=O)n3C. The molecule has 0 saturated carbocycles. The van der Waals surface area contributed by atoms with Crippen LogP contribution < -0.4 is 16.4 Å². The first-order valence-corrected chi connectivity index (χ1v) is 11.2. The molecule has 0 fully saturated rings. The fraction of sp³-hybridized carbons (Fsp3) is 0.360. The Morgan fingerprint density at radius 1 is 1.03 bits per heavy atom. The average Bonchev–Trinajstić information content (AvgIpc) is 2.79. The van der Waals surface area contributed by atoms with Gasteiger partial charge >= 0.3 is 17.0 Å². The summed E-state index contributed by atoms with van der Waals surface area (Å²) in [6.45, 7) is 5.09. The number of rotatable bonds is 5. The normalized spacial score (nSPS) is 13.4. The van der Waals surface area contributed by atoms with Crippen LogP contribution in [0.4, 0.5) is 19.0 Å². The maximum Gasteiger partial charge on any atom is 0.316 e. The maximum atomic E-state index is 15.3. The number of nitrogens with zero attached hydrogens (tertiary/aromatic N) is 4. The molecule has 0 bridgehead atoms. The Labute approximate surface area is 204 Å². The predicted octanol–water partition coefficient (Wildman–Crippen LogP) is 3.66. The van der Waals surface area contributed by atoms with Crippen LogP contribution in [0.25, 0.3) is 21.9 Å². The Morgan fingerprint density at radius 2 is 1.61 bits per heavy atom. The molecule has 0 unspecified atom stereocenters. The van der Waals surface area contributed by atoms with Gasteiger partial charge in [-0.25, -0.2) is 14.4 Å². The van der Waals surface area contributed by atoms with E-state index in [1.807, 2.05) is 0 Å². The summed E-state index contributed by atoms with van der Waals surface area (Å²) < 4.78 is 47.3. The summed E-state index contributed by atoms with van der Waals surface area (Å²) in [5.41, 5.74) is -3.40. The molecule has 2 aromatic heterocycles. The number of aromatic nitrogens is 4. The Balaban J connectivity index is 1.86. The van der Waals surface area contributed by atoms with Crippen molar-refractivity contribution in [3.05, 3.63) is 73.8 Å². The lowest BCUT2D eigenvalue weighted by molar-refractivity contribution is -0.170. The molecule has 4 aromatic rings. The second kappa shape index (κ2) is 8.44. The van der Waals surface area contributed by atoms with Gasteiger partial charge in [0.25, 0.3) is 0 Å². The van der Waals surface area contributed by atoms with Crippen molar-refractivity contribution in [1.29, 1.82) is 0 Å². The van der Waals surface area contributed by atoms with E-state index in [9.17, 15) is 23.5 Å². The fourth-order valence-electron chi connectivity index (χ4n) is 4.16. The van der Waals surface area contributed by atoms with E-state index in [0.29, 0.717) is 33.6 Å². The van der Waals surface area contributed by atoms with Crippen LogP contribution in [0.2, 0.25) is 0 Å². The van der Waals surface area contributed by atoms with Crippen LogP contribution in [0, 0.1) is 12.7 Å². The summed E-state index contributed by atoms with van der Waals surface area (Å²) in [5.74, 6) is -4.28. The van der Waals surface area contributed by atoms with Gasteiger partial charge in [-0.1, -0.05) is 12.1 Å². The molecular weight excluding hydrogens is 475 g/mol. The number of anilines is 1. The molecule has 11 heteroatoms. The lowest BCUT2D eigenvalue weighted by atomic mass is 9.91. The van der Waals surface area contributed by atoms with Crippen molar-refractivity contribution in [3.8, 4) is 0 Å². The van der Waals surface area contributed by atoms with Crippen molar-refractivity contribution in [2.45, 2.75) is 45.3 Å². The fourth-order valence-corrected chi connectivity index (χ4v) is 4.16. The van der Waals surface area contributed by atoms with E-state index >= 15 is 4.39 Å². The van der Waals surface area contributed by atoms with E-state index in [1.54, 1.807) is 26.0 Å². The molecule has 0 aliphatic rings. The van der Waals surface area contributed by atoms with Crippen LogP contribution >= 0.6 is 0 Å². The summed E-state index contributed by atoms with van der Waals surface area (Å²) in [6.07, 6.45) is 0. The van der Waals surface area contributed by atoms with Crippen LogP contribution in [0.1, 0.15) is 43.8 Å². The minimum atomic E-state index is -3.83. The molecular formula is C25H26F3N5O3. The van der Waals surface area contributed by atoms with Gasteiger partial charge in [-0.3, -0.25) is 9.59 Å². The molecule has 2 aromatic carbocycles. The third-order valence-electron chi connectivity index (χ3n) is 6.37. The van der Waals surface area contributed by atoms with Gasteiger partial charge in [0.05, 0.1) is 28.2 Å². The molecule has 0 saturated heterocycles. The first-order chi connectivity index (χ1) is 16.6. The number of fused-ring (bicyclic) bond motifs is 2. The molecule has 190 valence electrons. The quantitative estimate of drug-likeness (QED) is 0.320. The number of alkyl halides is 2. The molecule has 0 amide bonds. The summed E-state index contributed by atoms with van der Waals surface area (Å²) in [6, 6.07) is 6.13. The summed E-state index contributed by atoms with van der Waals surface area (Å²) in [5, 5.41) is 13.5. The zero-order valence-electron chi connectivity index (χ0n) is 20.7. The van der Waals surface area contributed by atoms with Gasteiger partial charge in [0.15, 0.2) is 0 Å². The van der Waals surface area contributed by atoms with Crippen molar-refractivity contribution in [1.82, 2.24) is 19.1 Å². The highest BCUT2D eigenvalue weighted by Gasteiger charge is 2.49. The van der Waals surface area contributed by atoms with Crippen molar-refractivity contribution in [2.24, 2.45) is 14.1 Å². The second-order valence-corrected chi connectivity index (χ2v) is 9.41. The third kappa shape index (κ3) is 3.93. The number of aryl methyl sites for hydroxylation is 3. The maximum absolute atomic E-state index is 15.3. The second-order valence-electron chi connectivity index (χ2n) is 9.41. The van der Waals surface area contributed by atoms with E-state index in [4.69, 9.17) is 0 Å². The standard InChI is InChI=1S/C25H26F3N5O3/c1-12(14-8-7-9-16(20(14)26)25(27,28)24(3,4)36)29-21-15-10-18-19(11-17(15)30-13(2)31-21)33(6)23(35)22(34)32(18)5/h7-12,36H,1-6H3,(H,29,30,31)/t12-/m1/s1. The number of nitrogens with one attached hydrogen (secondary N) is 1. The minimum Gasteiger partial charge on any atom is -0.384 e. The van der Waals surface area contributed by atoms with Crippen LogP contribution in [0.15, 0.2) is 39.9 Å². The van der Waals surface area contributed by atoms with Gasteiger partial charge in [0, 0.05) is 25.0 Å². The molecule has 0 spiro atoms. The Morgan fingerprint density at radius 3 is 2.19 bits per heavy atom. The van der Waals surface area contributed by atoms with Crippen LogP contribution in [-0.2, 0) is 20.0 Å². The zero-order valence-corrected chi connectivity index (χ0v) is 20.7. The van der Waals surface area contributed by atoms with Crippen molar-refractivity contribution < 1.29 is 18.3 Å². The van der Waals surface area contributed by atoms with Crippen LogP contribution in [0.3, 0.4) is 0 Å². The van der Waals surface area contributed by atoms with Crippen molar-refractivity contribution in [3.63, 3.8) is 0 Å². The summed E-state index contributed by atoms with van der Waals surface area (Å²) in [4.78, 5) is 33.4. The van der Waals surface area contributed by atoms with Gasteiger partial charge in [-0.15, -0.1) is 0 Å². The highest BCUT2D eigenvalue weighted by molar-refractivity contribution is 5.98. The van der Waals surface area contributed by atoms with E-state index in [2.05, 4.69) is 15.3 Å². The van der Waals surface area contributed by atoms with Crippen molar-refractivity contribution in [2.75, 3.05) is 5.32 Å². The Kier molecular flexibility index (Phi) is 5.95. The smallest absolute Gasteiger partial charge is 0.316 e. The number of hydrogen-bond acceptors (Lipinski definition) is 6. The molecule has 4 rings (SSSR count). The van der Waals surface area contributed by atoms with E-state index in [0.717, 1.165) is 19.9 Å². The predicted molar refractivity (Wildman–Crippen MR) is 131 cm³/mol. The van der Waals surface area contributed by atoms with Gasteiger partial charge in [0.1, 0.15) is 23.1 Å². The average molecular weight is 502 g/mol. The summed E-state index contributed by atoms with van der Waals surface area (Å²) >= 11 is 0. The summed E-state index contributed by atoms with van der Waals surface area (Å²) in [7, 11) is 2.97. The lowest BCUT2D eigenvalue weighted by Gasteiger charge is -2.30. The topological polar surface area (TPSA) is 102 Å². The lowest BCUT2D eigenvalue weighted by Crippen LogP contribution is -2.41. The van der Waals surface area contributed by atoms with Gasteiger partial charge in [-0.05, 0) is 45.9 Å². The molecule has 2 heterocycles.